The van der Waals surface area contributed by atoms with Crippen LogP contribution in [0.15, 0.2) is 0 Å². The van der Waals surface area contributed by atoms with Crippen molar-refractivity contribution in [1.82, 2.24) is 0 Å². The number of hydrogen-bond acceptors (Lipinski definition) is 7. The van der Waals surface area contributed by atoms with Crippen molar-refractivity contribution in [1.29, 1.82) is 0 Å². The Bertz CT molecular complexity index is 314. The second-order valence-corrected chi connectivity index (χ2v) is 7.26. The molecule has 0 radical (unpaired) electrons. The fraction of sp³-hybridized carbons (Fsp3) is 1.00. The molecule has 9 nitrogen and oxygen atoms in total. The zero-order chi connectivity index (χ0) is 13.0. The molecule has 2 atom stereocenters. The highest BCUT2D eigenvalue weighted by Gasteiger charge is 2.36. The minimum atomic E-state index is -4.94. The number of rotatable bonds is 7. The molecule has 0 aromatic rings. The lowest BCUT2D eigenvalue weighted by atomic mass is 10.8. The molecule has 4 N–H and O–H groups in total. The summed E-state index contributed by atoms with van der Waals surface area (Å²) in [6.45, 7) is -5.16. The van der Waals surface area contributed by atoms with Crippen molar-refractivity contribution in [3.8, 4) is 0 Å². The maximum Gasteiger partial charge on any atom is 0.511 e. The summed E-state index contributed by atoms with van der Waals surface area (Å²) in [7, 11) is -9.80. The SMILES string of the molecule is [BH3-][P+]([O-])(OCCO)OP(=O)(O)OP(O)(O)=S. The highest BCUT2D eigenvalue weighted by molar-refractivity contribution is 8.08. The first-order valence-corrected chi connectivity index (χ1v) is 8.38. The van der Waals surface area contributed by atoms with E-state index in [-0.39, 0.29) is 6.61 Å². The van der Waals surface area contributed by atoms with E-state index < -0.39 is 36.5 Å². The Labute approximate surface area is 97.8 Å². The quantitative estimate of drug-likeness (QED) is 0.299. The van der Waals surface area contributed by atoms with Gasteiger partial charge in [-0.2, -0.15) is 4.31 Å². The Morgan fingerprint density at radius 2 is 1.94 bits per heavy atom. The molecule has 0 aromatic heterocycles. The molecule has 0 saturated carbocycles. The third-order valence-corrected chi connectivity index (χ3v) is 4.70. The fourth-order valence-electron chi connectivity index (χ4n) is 0.372. The van der Waals surface area contributed by atoms with Gasteiger partial charge in [0.05, 0.1) is 14.4 Å². The van der Waals surface area contributed by atoms with E-state index in [1.807, 2.05) is 0 Å². The van der Waals surface area contributed by atoms with Gasteiger partial charge in [0.15, 0.2) is 7.57 Å². The minimum Gasteiger partial charge on any atom is -0.669 e. The fourth-order valence-corrected chi connectivity index (χ4v) is 3.69. The Hall–Kier alpha value is 1.05. The molecule has 0 aromatic carbocycles. The largest absolute Gasteiger partial charge is 0.669 e. The predicted octanol–water partition coefficient (Wildman–Crippen LogP) is -2.26. The molecule has 0 rings (SSSR count). The van der Waals surface area contributed by atoms with E-state index in [1.165, 1.54) is 0 Å². The highest BCUT2D eigenvalue weighted by Crippen LogP contribution is 2.67. The monoisotopic (exact) mass is 315 g/mol. The van der Waals surface area contributed by atoms with Gasteiger partial charge in [0, 0.05) is 0 Å². The molecule has 0 aliphatic rings. The summed E-state index contributed by atoms with van der Waals surface area (Å²) < 4.78 is 23.6. The zero-order valence-electron chi connectivity index (χ0n) is 6.99. The van der Waals surface area contributed by atoms with Crippen LogP contribution in [0.4, 0.5) is 0 Å². The zero-order valence-corrected chi connectivity index (χ0v) is 10.5. The maximum atomic E-state index is 11.4. The molecule has 98 valence electrons. The van der Waals surface area contributed by atoms with Crippen molar-refractivity contribution in [2.24, 2.45) is 0 Å². The molecule has 0 saturated heterocycles. The lowest BCUT2D eigenvalue weighted by Crippen LogP contribution is -2.16. The van der Waals surface area contributed by atoms with Crippen LogP contribution in [-0.2, 0) is 29.5 Å². The minimum absolute atomic E-state index is 0.326. The van der Waals surface area contributed by atoms with E-state index in [0.29, 0.717) is 0 Å². The van der Waals surface area contributed by atoms with Crippen LogP contribution >= 0.6 is 22.4 Å². The smallest absolute Gasteiger partial charge is 0.511 e. The molecule has 0 amide bonds. The van der Waals surface area contributed by atoms with Crippen molar-refractivity contribution in [3.05, 3.63) is 0 Å². The molecule has 0 bridgehead atoms. The normalized spacial score (nSPS) is 20.1. The summed E-state index contributed by atoms with van der Waals surface area (Å²) in [5.41, 5.74) is 0. The van der Waals surface area contributed by atoms with Crippen LogP contribution in [0.2, 0.25) is 0 Å². The Kier molecular flexibility index (Phi) is 6.70. The van der Waals surface area contributed by atoms with E-state index in [4.69, 9.17) is 19.8 Å². The van der Waals surface area contributed by atoms with Gasteiger partial charge in [-0.3, -0.25) is 4.52 Å². The summed E-state index contributed by atoms with van der Waals surface area (Å²) in [5, 5.41) is 8.39. The standard InChI is InChI=1S/C2H11BO9P3S/c3-13(5,10-2-1-4)11-14(6,7)12-15(8,9)16/h4H,1-2H2,3H3,(H,6,7)(H2,8,9,16)/q-1. The van der Waals surface area contributed by atoms with E-state index in [9.17, 15) is 9.46 Å². The average Bonchev–Trinajstić information content (AvgIpc) is 1.93. The van der Waals surface area contributed by atoms with Gasteiger partial charge in [0.1, 0.15) is 6.61 Å². The number of aliphatic hydroxyl groups excluding tert-OH is 1. The number of hydrogen-bond donors (Lipinski definition) is 4. The number of aliphatic hydroxyl groups is 1. The molecule has 0 aliphatic heterocycles. The van der Waals surface area contributed by atoms with Gasteiger partial charge in [-0.1, -0.05) is 0 Å². The van der Waals surface area contributed by atoms with Crippen molar-refractivity contribution >= 4 is 41.7 Å². The van der Waals surface area contributed by atoms with Gasteiger partial charge in [0.25, 0.3) is 0 Å². The van der Waals surface area contributed by atoms with E-state index in [2.05, 4.69) is 25.0 Å². The summed E-state index contributed by atoms with van der Waals surface area (Å²) in [6, 6.07) is 0. The van der Waals surface area contributed by atoms with Gasteiger partial charge < -0.3 is 24.7 Å². The average molecular weight is 315 g/mol. The maximum absolute atomic E-state index is 11.4. The van der Waals surface area contributed by atoms with Crippen LogP contribution < -0.4 is 4.89 Å². The van der Waals surface area contributed by atoms with Gasteiger partial charge in [-0.05, 0) is 11.8 Å². The van der Waals surface area contributed by atoms with Crippen molar-refractivity contribution in [2.75, 3.05) is 13.2 Å². The molecule has 0 spiro atoms. The molecule has 2 unspecified atom stereocenters. The molecule has 0 heterocycles. The summed E-state index contributed by atoms with van der Waals surface area (Å²) in [6.07, 6.45) is 0. The summed E-state index contributed by atoms with van der Waals surface area (Å²) >= 11 is 3.95. The van der Waals surface area contributed by atoms with E-state index in [1.54, 1.807) is 0 Å². The molecular formula is C2H11BO9P3S-. The number of phosphoric acid groups is 1. The molecule has 14 heteroatoms. The molecule has 16 heavy (non-hydrogen) atoms. The Morgan fingerprint density at radius 3 is 2.31 bits per heavy atom. The second-order valence-electron chi connectivity index (χ2n) is 1.90. The first kappa shape index (κ1) is 17.1. The predicted molar refractivity (Wildman–Crippen MR) is 60.6 cm³/mol. The Balaban J connectivity index is 4.46. The van der Waals surface area contributed by atoms with Crippen LogP contribution in [-0.4, -0.2) is 40.6 Å². The lowest BCUT2D eigenvalue weighted by molar-refractivity contribution is -0.203. The van der Waals surface area contributed by atoms with Crippen molar-refractivity contribution < 1.29 is 42.4 Å². The van der Waals surface area contributed by atoms with Gasteiger partial charge in [-0.25, -0.2) is 8.88 Å². The van der Waals surface area contributed by atoms with Crippen LogP contribution in [0.5, 0.6) is 0 Å². The molecule has 0 fully saturated rings. The summed E-state index contributed by atoms with van der Waals surface area (Å²) in [4.78, 5) is 37.6. The van der Waals surface area contributed by atoms with E-state index in [0.717, 1.165) is 0 Å². The highest BCUT2D eigenvalue weighted by atomic mass is 32.5. The van der Waals surface area contributed by atoms with Crippen LogP contribution in [0.3, 0.4) is 0 Å². The van der Waals surface area contributed by atoms with Gasteiger partial charge in [0.2, 0.25) is 0 Å². The van der Waals surface area contributed by atoms with Crippen molar-refractivity contribution in [2.45, 2.75) is 0 Å². The molecular weight excluding hydrogens is 304 g/mol. The van der Waals surface area contributed by atoms with Crippen LogP contribution in [0, 0.1) is 0 Å². The van der Waals surface area contributed by atoms with Gasteiger partial charge in [-0.15, -0.1) is 0 Å². The second kappa shape index (κ2) is 6.29. The van der Waals surface area contributed by atoms with E-state index >= 15 is 0 Å². The first-order chi connectivity index (χ1) is 6.97. The van der Waals surface area contributed by atoms with Gasteiger partial charge >= 0.3 is 14.5 Å². The Morgan fingerprint density at radius 1 is 1.44 bits per heavy atom. The third-order valence-electron chi connectivity index (χ3n) is 0.667. The topological polar surface area (TPSA) is 149 Å². The first-order valence-electron chi connectivity index (χ1n) is 3.17. The third kappa shape index (κ3) is 9.12. The van der Waals surface area contributed by atoms with Crippen molar-refractivity contribution in [3.63, 3.8) is 0 Å². The molecule has 0 aliphatic carbocycles. The van der Waals surface area contributed by atoms with Crippen LogP contribution in [0.25, 0.3) is 0 Å². The lowest BCUT2D eigenvalue weighted by Gasteiger charge is -2.31. The van der Waals surface area contributed by atoms with Crippen LogP contribution in [0.1, 0.15) is 0 Å². The summed E-state index contributed by atoms with van der Waals surface area (Å²) in [5.74, 6) is 0.